The van der Waals surface area contributed by atoms with Crippen LogP contribution < -0.4 is 9.88 Å². The van der Waals surface area contributed by atoms with Crippen molar-refractivity contribution in [3.8, 4) is 28.1 Å². The topological polar surface area (TPSA) is 133 Å². The van der Waals surface area contributed by atoms with E-state index in [-0.39, 0.29) is 10.5 Å². The summed E-state index contributed by atoms with van der Waals surface area (Å²) >= 11 is 0. The minimum atomic E-state index is -3.69. The van der Waals surface area contributed by atoms with Crippen molar-refractivity contribution in [2.24, 2.45) is 5.14 Å². The average Bonchev–Trinajstić information content (AvgIpc) is 3.30. The molecule has 0 unspecified atom stereocenters. The van der Waals surface area contributed by atoms with Crippen LogP contribution >= 0.6 is 0 Å². The molecular formula is C23H20N2O6S. The molecule has 4 rings (SSSR count). The van der Waals surface area contributed by atoms with Gasteiger partial charge in [-0.3, -0.25) is 0 Å². The number of aromatic nitrogens is 1. The number of primary sulfonamides is 1. The number of hydrogen-bond donors (Lipinski definition) is 2. The molecule has 0 amide bonds. The van der Waals surface area contributed by atoms with E-state index in [1.165, 1.54) is 37.6 Å². The number of hydrogen-bond acceptors (Lipinski definition) is 6. The van der Waals surface area contributed by atoms with Gasteiger partial charge in [0, 0.05) is 11.1 Å². The summed E-state index contributed by atoms with van der Waals surface area (Å²) in [6, 6.07) is 22.2. The van der Waals surface area contributed by atoms with Gasteiger partial charge in [-0.05, 0) is 35.9 Å². The van der Waals surface area contributed by atoms with E-state index >= 15 is 0 Å². The highest BCUT2D eigenvalue weighted by Gasteiger charge is 2.13. The molecule has 0 atom stereocenters. The molecule has 0 radical (unpaired) electrons. The maximum absolute atomic E-state index is 11.3. The zero-order valence-electron chi connectivity index (χ0n) is 17.0. The monoisotopic (exact) mass is 452 g/mol. The third kappa shape index (κ3) is 5.60. The summed E-state index contributed by atoms with van der Waals surface area (Å²) in [5, 5.41) is 17.7. The van der Waals surface area contributed by atoms with Crippen molar-refractivity contribution in [3.05, 3.63) is 90.7 Å². The molecule has 0 aliphatic rings. The van der Waals surface area contributed by atoms with Gasteiger partial charge in [0.1, 0.15) is 17.7 Å². The smallest absolute Gasteiger partial charge is 0.335 e. The van der Waals surface area contributed by atoms with E-state index in [1.54, 1.807) is 24.3 Å². The Morgan fingerprint density at radius 2 is 1.66 bits per heavy atom. The number of carboxylic acids is 1. The Hall–Kier alpha value is -3.95. The number of carboxylic acid groups (broad SMARTS) is 1. The van der Waals surface area contributed by atoms with Crippen molar-refractivity contribution in [2.75, 3.05) is 7.11 Å². The molecule has 0 spiro atoms. The number of carbonyl (C=O) groups is 1. The number of aromatic carboxylic acids is 1. The fraction of sp³-hybridized carbons (Fsp3) is 0.0435. The predicted molar refractivity (Wildman–Crippen MR) is 119 cm³/mol. The lowest BCUT2D eigenvalue weighted by Crippen LogP contribution is -2.11. The molecule has 1 heterocycles. The van der Waals surface area contributed by atoms with Crippen LogP contribution in [0.1, 0.15) is 10.4 Å². The fourth-order valence-electron chi connectivity index (χ4n) is 2.83. The molecule has 9 heteroatoms. The second-order valence-electron chi connectivity index (χ2n) is 6.55. The van der Waals surface area contributed by atoms with Gasteiger partial charge in [-0.2, -0.15) is 0 Å². The Kier molecular flexibility index (Phi) is 7.04. The zero-order valence-corrected chi connectivity index (χ0v) is 17.8. The Balaban J connectivity index is 0.000000222. The minimum absolute atomic E-state index is 0.0731. The Morgan fingerprint density at radius 1 is 0.969 bits per heavy atom. The maximum Gasteiger partial charge on any atom is 0.335 e. The number of ether oxygens (including phenoxy) is 1. The molecule has 0 saturated heterocycles. The number of nitrogens with two attached hydrogens (primary N) is 1. The van der Waals surface area contributed by atoms with Gasteiger partial charge in [0.2, 0.25) is 10.0 Å². The van der Waals surface area contributed by atoms with Crippen molar-refractivity contribution in [1.29, 1.82) is 0 Å². The molecule has 0 aliphatic carbocycles. The summed E-state index contributed by atoms with van der Waals surface area (Å²) in [5.41, 5.74) is 3.48. The van der Waals surface area contributed by atoms with Gasteiger partial charge in [-0.1, -0.05) is 53.7 Å². The van der Waals surface area contributed by atoms with E-state index in [0.29, 0.717) is 11.4 Å². The van der Waals surface area contributed by atoms with Crippen LogP contribution in [-0.2, 0) is 10.0 Å². The van der Waals surface area contributed by atoms with Gasteiger partial charge in [-0.25, -0.2) is 18.4 Å². The molecule has 164 valence electrons. The van der Waals surface area contributed by atoms with Crippen molar-refractivity contribution < 1.29 is 27.6 Å². The van der Waals surface area contributed by atoms with Gasteiger partial charge in [0.25, 0.3) is 0 Å². The highest BCUT2D eigenvalue weighted by atomic mass is 32.2. The molecule has 0 fully saturated rings. The number of rotatable bonds is 5. The SMILES string of the molecule is COc1cccc(C(=O)O)c1.NS(=O)(=O)c1ccc(-c2conc2-c2ccccc2)cc1. The van der Waals surface area contributed by atoms with Crippen molar-refractivity contribution in [3.63, 3.8) is 0 Å². The lowest BCUT2D eigenvalue weighted by molar-refractivity contribution is 0.0696. The maximum atomic E-state index is 11.3. The van der Waals surface area contributed by atoms with Crippen LogP contribution in [-0.4, -0.2) is 31.8 Å². The van der Waals surface area contributed by atoms with E-state index in [9.17, 15) is 13.2 Å². The first-order chi connectivity index (χ1) is 15.3. The van der Waals surface area contributed by atoms with Crippen LogP contribution in [0, 0.1) is 0 Å². The summed E-state index contributed by atoms with van der Waals surface area (Å²) in [4.78, 5) is 10.5. The Morgan fingerprint density at radius 3 is 2.25 bits per heavy atom. The first-order valence-corrected chi connectivity index (χ1v) is 10.8. The van der Waals surface area contributed by atoms with E-state index in [2.05, 4.69) is 5.16 Å². The normalized spacial score (nSPS) is 10.7. The molecule has 0 aliphatic heterocycles. The summed E-state index contributed by atoms with van der Waals surface area (Å²) in [6.07, 6.45) is 1.54. The van der Waals surface area contributed by atoms with Crippen LogP contribution in [0.3, 0.4) is 0 Å². The Bertz CT molecular complexity index is 1300. The van der Waals surface area contributed by atoms with Gasteiger partial charge in [0.15, 0.2) is 0 Å². The van der Waals surface area contributed by atoms with E-state index < -0.39 is 16.0 Å². The summed E-state index contributed by atoms with van der Waals surface area (Å²) in [6.45, 7) is 0. The second-order valence-corrected chi connectivity index (χ2v) is 8.11. The molecule has 1 aromatic heterocycles. The number of methoxy groups -OCH3 is 1. The first kappa shape index (κ1) is 22.7. The van der Waals surface area contributed by atoms with E-state index in [1.807, 2.05) is 30.3 Å². The van der Waals surface area contributed by atoms with Gasteiger partial charge in [0.05, 0.1) is 17.6 Å². The standard InChI is InChI=1S/C15H12N2O3S.C8H8O3/c16-21(18,19)13-8-6-11(7-9-13)14-10-20-17-15(14)12-4-2-1-3-5-12;1-11-7-4-2-3-6(5-7)8(9)10/h1-10H,(H2,16,18,19);2-5H,1H3,(H,9,10). The van der Waals surface area contributed by atoms with Crippen molar-refractivity contribution in [1.82, 2.24) is 5.16 Å². The minimum Gasteiger partial charge on any atom is -0.497 e. The lowest BCUT2D eigenvalue weighted by Gasteiger charge is -2.03. The van der Waals surface area contributed by atoms with Crippen LogP contribution in [0.4, 0.5) is 0 Å². The first-order valence-electron chi connectivity index (χ1n) is 9.30. The highest BCUT2D eigenvalue weighted by Crippen LogP contribution is 2.31. The highest BCUT2D eigenvalue weighted by molar-refractivity contribution is 7.89. The predicted octanol–water partition coefficient (Wildman–Crippen LogP) is 4.05. The van der Waals surface area contributed by atoms with Gasteiger partial charge >= 0.3 is 5.97 Å². The molecular weight excluding hydrogens is 432 g/mol. The largest absolute Gasteiger partial charge is 0.497 e. The number of sulfonamides is 1. The second kappa shape index (κ2) is 9.90. The van der Waals surface area contributed by atoms with Gasteiger partial charge < -0.3 is 14.4 Å². The van der Waals surface area contributed by atoms with Crippen LogP contribution in [0.25, 0.3) is 22.4 Å². The van der Waals surface area contributed by atoms with Crippen LogP contribution in [0.2, 0.25) is 0 Å². The third-order valence-electron chi connectivity index (χ3n) is 4.43. The van der Waals surface area contributed by atoms with E-state index in [0.717, 1.165) is 16.7 Å². The number of benzene rings is 3. The summed E-state index contributed by atoms with van der Waals surface area (Å²) < 4.78 is 32.4. The lowest BCUT2D eigenvalue weighted by atomic mass is 10.0. The van der Waals surface area contributed by atoms with Crippen molar-refractivity contribution in [2.45, 2.75) is 4.90 Å². The van der Waals surface area contributed by atoms with Crippen LogP contribution in [0.15, 0.2) is 94.5 Å². The number of nitrogens with zero attached hydrogens (tertiary/aromatic N) is 1. The molecule has 8 nitrogen and oxygen atoms in total. The quantitative estimate of drug-likeness (QED) is 0.467. The third-order valence-corrected chi connectivity index (χ3v) is 5.36. The van der Waals surface area contributed by atoms with Crippen molar-refractivity contribution >= 4 is 16.0 Å². The summed E-state index contributed by atoms with van der Waals surface area (Å²) in [7, 11) is -2.19. The zero-order chi connectivity index (χ0) is 23.1. The van der Waals surface area contributed by atoms with E-state index in [4.69, 9.17) is 19.5 Å². The van der Waals surface area contributed by atoms with Gasteiger partial charge in [-0.15, -0.1) is 0 Å². The van der Waals surface area contributed by atoms with Crippen LogP contribution in [0.5, 0.6) is 5.75 Å². The fourth-order valence-corrected chi connectivity index (χ4v) is 3.34. The molecule has 3 N–H and O–H groups in total. The average molecular weight is 452 g/mol. The molecule has 4 aromatic rings. The molecule has 0 bridgehead atoms. The molecule has 3 aromatic carbocycles. The summed E-state index contributed by atoms with van der Waals surface area (Å²) in [5.74, 6) is -0.381. The molecule has 32 heavy (non-hydrogen) atoms. The Labute approximate surface area is 184 Å². The molecule has 0 saturated carbocycles.